The van der Waals surface area contributed by atoms with Gasteiger partial charge in [0.2, 0.25) is 5.91 Å². The van der Waals surface area contributed by atoms with Crippen LogP contribution in [0.4, 0.5) is 9.59 Å². The molecule has 3 fully saturated rings. The van der Waals surface area contributed by atoms with Crippen molar-refractivity contribution < 1.29 is 28.7 Å². The molecule has 4 heterocycles. The number of fused-ring (bicyclic) bond motifs is 6. The molecule has 14 heteroatoms. The van der Waals surface area contributed by atoms with Crippen LogP contribution in [0.25, 0.3) is 55.0 Å². The topological polar surface area (TPSA) is 175 Å². The van der Waals surface area contributed by atoms with E-state index in [9.17, 15) is 19.2 Å². The Morgan fingerprint density at radius 3 is 2.18 bits per heavy atom. The number of hydrogen-bond acceptors (Lipinski definition) is 8. The zero-order valence-electron chi connectivity index (χ0n) is 36.8. The summed E-state index contributed by atoms with van der Waals surface area (Å²) >= 11 is 0. The molecule has 4 amide bonds. The highest BCUT2D eigenvalue weighted by Crippen LogP contribution is 2.51. The summed E-state index contributed by atoms with van der Waals surface area (Å²) in [6.07, 6.45) is 5.01. The van der Waals surface area contributed by atoms with Crippen LogP contribution in [0.3, 0.4) is 0 Å². The molecule has 1 saturated carbocycles. The van der Waals surface area contributed by atoms with Crippen molar-refractivity contribution in [3.63, 3.8) is 0 Å². The number of H-pyrrole nitrogens is 2. The molecule has 2 aromatic heterocycles. The third-order valence-corrected chi connectivity index (χ3v) is 13.8. The lowest BCUT2D eigenvalue weighted by atomic mass is 9.96. The van der Waals surface area contributed by atoms with E-state index >= 15 is 0 Å². The lowest BCUT2D eigenvalue weighted by Gasteiger charge is -2.36. The van der Waals surface area contributed by atoms with Gasteiger partial charge in [-0.15, -0.1) is 0 Å². The van der Waals surface area contributed by atoms with E-state index in [-0.39, 0.29) is 41.8 Å². The van der Waals surface area contributed by atoms with Crippen LogP contribution in [0.2, 0.25) is 0 Å². The van der Waals surface area contributed by atoms with E-state index in [1.165, 1.54) is 14.2 Å². The van der Waals surface area contributed by atoms with E-state index < -0.39 is 24.3 Å². The van der Waals surface area contributed by atoms with Gasteiger partial charge in [-0.25, -0.2) is 19.6 Å². The Hall–Kier alpha value is -7.22. The van der Waals surface area contributed by atoms with Crippen molar-refractivity contribution in [3.8, 4) is 22.4 Å². The molecule has 2 aliphatic heterocycles. The van der Waals surface area contributed by atoms with Gasteiger partial charge in [-0.05, 0) is 101 Å². The number of carbonyl (C=O) groups is 4. The summed E-state index contributed by atoms with van der Waals surface area (Å²) in [5.74, 6) is 1.35. The van der Waals surface area contributed by atoms with Crippen molar-refractivity contribution in [2.45, 2.75) is 76.2 Å². The minimum atomic E-state index is -0.882. The van der Waals surface area contributed by atoms with Crippen LogP contribution in [0.5, 0.6) is 0 Å². The fourth-order valence-corrected chi connectivity index (χ4v) is 10.5. The second-order valence-corrected chi connectivity index (χ2v) is 17.9. The van der Waals surface area contributed by atoms with E-state index in [1.54, 1.807) is 0 Å². The molecule has 2 saturated heterocycles. The van der Waals surface area contributed by atoms with Crippen LogP contribution in [0.15, 0.2) is 103 Å². The van der Waals surface area contributed by atoms with E-state index in [2.05, 4.69) is 87.3 Å². The van der Waals surface area contributed by atoms with E-state index in [0.717, 1.165) is 98.7 Å². The summed E-state index contributed by atoms with van der Waals surface area (Å²) in [7, 11) is 2.60. The number of likely N-dealkylation sites (tertiary alicyclic amines) is 2. The van der Waals surface area contributed by atoms with Gasteiger partial charge in [0.05, 0.1) is 49.2 Å². The molecule has 6 atom stereocenters. The average Bonchev–Trinajstić information content (AvgIpc) is 4.20. The predicted molar refractivity (Wildman–Crippen MR) is 247 cm³/mol. The molecule has 65 heavy (non-hydrogen) atoms. The number of ether oxygens (including phenoxy) is 2. The fourth-order valence-electron chi connectivity index (χ4n) is 10.5. The van der Waals surface area contributed by atoms with E-state index in [1.807, 2.05) is 60.2 Å². The van der Waals surface area contributed by atoms with Crippen molar-refractivity contribution >= 4 is 56.6 Å². The zero-order valence-corrected chi connectivity index (χ0v) is 36.8. The second kappa shape index (κ2) is 17.1. The van der Waals surface area contributed by atoms with Crippen LogP contribution >= 0.6 is 0 Å². The maximum atomic E-state index is 14.5. The number of aromatic nitrogens is 4. The number of nitrogens with zero attached hydrogens (tertiary/aromatic N) is 4. The highest BCUT2D eigenvalue weighted by Gasteiger charge is 2.51. The highest BCUT2D eigenvalue weighted by molar-refractivity contribution is 6.06. The minimum absolute atomic E-state index is 0.0667. The smallest absolute Gasteiger partial charge is 0.407 e. The maximum absolute atomic E-state index is 14.5. The number of piperidine rings is 1. The predicted octanol–water partition coefficient (Wildman–Crippen LogP) is 9.12. The van der Waals surface area contributed by atoms with Gasteiger partial charge in [-0.1, -0.05) is 86.6 Å². The molecular formula is C51H52N8O6. The molecule has 1 aliphatic carbocycles. The van der Waals surface area contributed by atoms with Gasteiger partial charge in [0, 0.05) is 23.5 Å². The molecule has 2 bridgehead atoms. The standard InChI is InChI=1S/C51H52N8O6/c1-28(2)42(56-50(62)64-3)48(60)58-22-8-11-41(58)46-52-27-40(54-46)35-15-14-31-23-30(12-13-32(31)25-35)33-17-20-38-34(24-33)18-21-39-44(38)55-47(53-39)45-36-16-19-37(26-36)59(45)49(61)43(57-51(63)65-4)29-9-6-5-7-10-29/h5-7,9-10,12-15,17-18,20-21,23-25,27-28,36-37,41-43,45H,8,11,16,19,22,26H2,1-4H3,(H,52,54)(H,53,55)(H,56,62)(H,57,63)/t36-,37+,41?,42-,43+,45?/m0/s1. The first-order valence-corrected chi connectivity index (χ1v) is 22.5. The lowest BCUT2D eigenvalue weighted by molar-refractivity contribution is -0.138. The number of aromatic amines is 2. The molecule has 10 rings (SSSR count). The largest absolute Gasteiger partial charge is 0.453 e. The molecule has 14 nitrogen and oxygen atoms in total. The summed E-state index contributed by atoms with van der Waals surface area (Å²) < 4.78 is 9.71. The quantitative estimate of drug-likeness (QED) is 0.105. The molecule has 7 aromatic rings. The van der Waals surface area contributed by atoms with Crippen LogP contribution in [-0.2, 0) is 19.1 Å². The highest BCUT2D eigenvalue weighted by atomic mass is 16.5. The number of amides is 4. The van der Waals surface area contributed by atoms with Crippen LogP contribution in [0, 0.1) is 11.8 Å². The van der Waals surface area contributed by atoms with Gasteiger partial charge in [0.1, 0.15) is 23.7 Å². The minimum Gasteiger partial charge on any atom is -0.453 e. The Morgan fingerprint density at radius 1 is 0.738 bits per heavy atom. The third kappa shape index (κ3) is 7.70. The summed E-state index contributed by atoms with van der Waals surface area (Å²) in [5.41, 5.74) is 6.52. The number of carbonyl (C=O) groups excluding carboxylic acids is 4. The number of imidazole rings is 2. The summed E-state index contributed by atoms with van der Waals surface area (Å²) in [5, 5.41) is 9.78. The molecule has 0 spiro atoms. The molecule has 4 N–H and O–H groups in total. The van der Waals surface area contributed by atoms with Gasteiger partial charge < -0.3 is 39.9 Å². The van der Waals surface area contributed by atoms with E-state index in [0.29, 0.717) is 12.1 Å². The Kier molecular flexibility index (Phi) is 11.0. The van der Waals surface area contributed by atoms with Crippen LogP contribution in [0.1, 0.15) is 81.3 Å². The summed E-state index contributed by atoms with van der Waals surface area (Å²) in [6.45, 7) is 4.41. The lowest BCUT2D eigenvalue weighted by Crippen LogP contribution is -2.51. The SMILES string of the molecule is COC(=O)N[C@H](C(=O)N1CCCC1c1ncc(-c2ccc3cc(-c4ccc5c(ccc6[nH]c(C7[C@H]8CC[C@H](C8)N7C(=O)[C@H](NC(=O)OC)c7ccccc7)nc65)c4)ccc3c2)[nH]1)C(C)C. The number of benzene rings is 5. The molecule has 0 radical (unpaired) electrons. The summed E-state index contributed by atoms with van der Waals surface area (Å²) in [6, 6.07) is 30.9. The Balaban J connectivity index is 0.883. The maximum Gasteiger partial charge on any atom is 0.407 e. The Labute approximate surface area is 376 Å². The van der Waals surface area contributed by atoms with Crippen LogP contribution in [-0.4, -0.2) is 86.6 Å². The van der Waals surface area contributed by atoms with Crippen molar-refractivity contribution in [2.75, 3.05) is 20.8 Å². The third-order valence-electron chi connectivity index (χ3n) is 13.8. The number of methoxy groups -OCH3 is 2. The Morgan fingerprint density at radius 2 is 1.43 bits per heavy atom. The monoisotopic (exact) mass is 872 g/mol. The Bertz CT molecular complexity index is 2960. The summed E-state index contributed by atoms with van der Waals surface area (Å²) in [4.78, 5) is 73.4. The molecular weight excluding hydrogens is 821 g/mol. The molecule has 5 aromatic carbocycles. The number of hydrogen-bond donors (Lipinski definition) is 4. The normalized spacial score (nSPS) is 20.1. The van der Waals surface area contributed by atoms with Crippen molar-refractivity contribution in [2.24, 2.45) is 11.8 Å². The molecule has 3 aliphatic rings. The molecule has 332 valence electrons. The van der Waals surface area contributed by atoms with Crippen molar-refractivity contribution in [1.29, 1.82) is 0 Å². The first kappa shape index (κ1) is 41.8. The van der Waals surface area contributed by atoms with Gasteiger partial charge in [-0.3, -0.25) is 9.59 Å². The number of rotatable bonds is 10. The van der Waals surface area contributed by atoms with Gasteiger partial charge in [-0.2, -0.15) is 0 Å². The first-order chi connectivity index (χ1) is 31.6. The van der Waals surface area contributed by atoms with Gasteiger partial charge >= 0.3 is 12.2 Å². The molecule has 2 unspecified atom stereocenters. The van der Waals surface area contributed by atoms with E-state index in [4.69, 9.17) is 19.4 Å². The fraction of sp³-hybridized carbons (Fsp3) is 0.333. The van der Waals surface area contributed by atoms with Gasteiger partial charge in [0.15, 0.2) is 0 Å². The van der Waals surface area contributed by atoms with Crippen molar-refractivity contribution in [3.05, 3.63) is 120 Å². The van der Waals surface area contributed by atoms with Crippen LogP contribution < -0.4 is 10.6 Å². The van der Waals surface area contributed by atoms with Gasteiger partial charge in [0.25, 0.3) is 5.91 Å². The number of alkyl carbamates (subject to hydrolysis) is 2. The zero-order chi connectivity index (χ0) is 44.9. The second-order valence-electron chi connectivity index (χ2n) is 17.9. The number of nitrogens with one attached hydrogen (secondary N) is 4. The average molecular weight is 873 g/mol. The first-order valence-electron chi connectivity index (χ1n) is 22.5. The van der Waals surface area contributed by atoms with Crippen molar-refractivity contribution in [1.82, 2.24) is 40.4 Å².